The quantitative estimate of drug-likeness (QED) is 0.0448. The van der Waals surface area contributed by atoms with Crippen LogP contribution in [0.25, 0.3) is 0 Å². The summed E-state index contributed by atoms with van der Waals surface area (Å²) in [5, 5.41) is 52.7. The van der Waals surface area contributed by atoms with Gasteiger partial charge in [0.05, 0.1) is 13.1 Å². The van der Waals surface area contributed by atoms with E-state index in [1.165, 1.54) is 21.5 Å². The zero-order chi connectivity index (χ0) is 41.1. The summed E-state index contributed by atoms with van der Waals surface area (Å²) in [4.78, 5) is 106. The summed E-state index contributed by atoms with van der Waals surface area (Å²) >= 11 is 0. The summed E-state index contributed by atoms with van der Waals surface area (Å²) in [6, 6.07) is -3.88. The van der Waals surface area contributed by atoms with Crippen LogP contribution in [-0.4, -0.2) is 130 Å². The molecule has 0 spiro atoms. The number of nitrogens with zero attached hydrogens (tertiary/aromatic N) is 5. The molecule has 0 saturated heterocycles. The van der Waals surface area contributed by atoms with Crippen molar-refractivity contribution in [3.8, 4) is 0 Å². The molecule has 2 rings (SSSR count). The number of urea groups is 1. The first-order chi connectivity index (χ1) is 25.7. The van der Waals surface area contributed by atoms with Crippen LogP contribution in [0.5, 0.6) is 0 Å². The minimum atomic E-state index is -1.50. The molecule has 2 aromatic heterocycles. The van der Waals surface area contributed by atoms with Crippen LogP contribution in [0.3, 0.4) is 0 Å². The van der Waals surface area contributed by atoms with Gasteiger partial charge >= 0.3 is 35.9 Å². The molecule has 0 aliphatic carbocycles. The average molecular weight is 966 g/mol. The van der Waals surface area contributed by atoms with Gasteiger partial charge in [0.2, 0.25) is 5.91 Å². The van der Waals surface area contributed by atoms with Crippen molar-refractivity contribution >= 4 is 55.4 Å². The van der Waals surface area contributed by atoms with Crippen LogP contribution < -0.4 is 16.0 Å². The topological polar surface area (TPSA) is 330 Å². The predicted molar refractivity (Wildman–Crippen MR) is 188 cm³/mol. The minimum absolute atomic E-state index is 0. The molecule has 0 aliphatic heterocycles. The normalized spacial score (nSPS) is 11.0. The molecule has 22 nitrogen and oxygen atoms in total. The fourth-order valence-corrected chi connectivity index (χ4v) is 4.90. The van der Waals surface area contributed by atoms with E-state index in [2.05, 4.69) is 39.5 Å². The molecule has 2 aromatic rings. The zero-order valence-electron chi connectivity index (χ0n) is 30.6. The predicted octanol–water partition coefficient (Wildman–Crippen LogP) is -0.178. The number of nitrogens with one attached hydrogen (secondary N) is 3. The monoisotopic (exact) mass is 966 g/mol. The van der Waals surface area contributed by atoms with E-state index < -0.39 is 54.4 Å². The van der Waals surface area contributed by atoms with E-state index in [4.69, 9.17) is 19.8 Å². The molecular weight excluding hydrogens is 919 g/mol. The van der Waals surface area contributed by atoms with Gasteiger partial charge < -0.3 is 81.2 Å². The Kier molecular flexibility index (Phi) is 31.1. The number of carbonyl (C=O) groups is 7. The first-order valence-electron chi connectivity index (χ1n) is 16.3. The average Bonchev–Trinajstić information content (AvgIpc) is 3.74. The molecule has 0 aromatic carbocycles. The molecule has 0 unspecified atom stereocenters. The van der Waals surface area contributed by atoms with Crippen molar-refractivity contribution in [1.29, 1.82) is 0 Å². The Morgan fingerprint density at radius 3 is 1.59 bits per heavy atom. The van der Waals surface area contributed by atoms with Gasteiger partial charge in [-0.3, -0.25) is 24.1 Å². The molecule has 0 bridgehead atoms. The summed E-state index contributed by atoms with van der Waals surface area (Å²) < 4.78 is 3.03. The maximum absolute atomic E-state index is 12.3. The van der Waals surface area contributed by atoms with Gasteiger partial charge in [-0.2, -0.15) is 0 Å². The summed E-state index contributed by atoms with van der Waals surface area (Å²) in [5.74, 6) is -5.21. The fourth-order valence-electron chi connectivity index (χ4n) is 4.90. The van der Waals surface area contributed by atoms with E-state index in [9.17, 15) is 48.9 Å². The zero-order valence-corrected chi connectivity index (χ0v) is 33.3. The fraction of sp³-hybridized carbons (Fsp3) is 0.515. The molecular formula is C33H47N8O14Re-3. The molecule has 0 fully saturated rings. The number of unbranched alkanes of at least 4 members (excludes halogenated alkanes) is 3. The summed E-state index contributed by atoms with van der Waals surface area (Å²) in [6.45, 7) is 9.88. The van der Waals surface area contributed by atoms with Crippen molar-refractivity contribution in [2.75, 3.05) is 13.1 Å². The second kappa shape index (κ2) is 31.8. The van der Waals surface area contributed by atoms with Crippen LogP contribution in [0.1, 0.15) is 69.4 Å². The number of aromatic nitrogens is 4. The van der Waals surface area contributed by atoms with Gasteiger partial charge in [-0.05, 0) is 45.1 Å². The molecule has 23 heteroatoms. The van der Waals surface area contributed by atoms with Crippen LogP contribution in [0, 0.1) is 7.43 Å². The molecule has 313 valence electrons. The van der Waals surface area contributed by atoms with Crippen LogP contribution in [0.15, 0.2) is 24.8 Å². The van der Waals surface area contributed by atoms with Gasteiger partial charge in [0, 0.05) is 64.6 Å². The second-order valence-corrected chi connectivity index (χ2v) is 11.4. The van der Waals surface area contributed by atoms with E-state index in [1.54, 1.807) is 12.4 Å². The first-order valence-corrected chi connectivity index (χ1v) is 16.3. The van der Waals surface area contributed by atoms with Crippen molar-refractivity contribution in [3.05, 3.63) is 43.9 Å². The third-order valence-corrected chi connectivity index (χ3v) is 7.42. The van der Waals surface area contributed by atoms with Gasteiger partial charge in [-0.25, -0.2) is 24.4 Å². The van der Waals surface area contributed by atoms with Gasteiger partial charge in [-0.1, -0.05) is 6.42 Å². The Hall–Kier alpha value is -5.53. The Morgan fingerprint density at radius 2 is 1.14 bits per heavy atom. The van der Waals surface area contributed by atoms with Crippen molar-refractivity contribution in [3.63, 3.8) is 0 Å². The summed E-state index contributed by atoms with van der Waals surface area (Å²) in [6.07, 6.45) is 8.21. The molecule has 2 heterocycles. The van der Waals surface area contributed by atoms with Gasteiger partial charge in [-0.15, -0.1) is 0 Å². The standard InChI is InChI=1S/C30H44N8O12.2CO.CH3.Re/c39-24(33-10-4-3-6-20(28(46)47)34-30(50)35-21(29(48)49)8-9-25(40)41)7-2-1-5-13-36(16-22-31-11-14-37(22)18-26(42)43)17-23-32-12-15-38(23)19-27(44)45;2*1-2;;/h11-12,14-15,20-21H,1-10,13,16-19H2,(H,33,39)(H,40,41)(H,42,43)(H,44,45)(H,46,47)(H,48,49)(H2,34,35,50);;;1H3;/q;3*-1;/t20-,21-;;;;/m0..../s1. The number of carboxylic acid groups (broad SMARTS) is 5. The number of hydrogen-bond donors (Lipinski definition) is 8. The van der Waals surface area contributed by atoms with Gasteiger partial charge in [0.1, 0.15) is 36.8 Å². The van der Waals surface area contributed by atoms with Crippen LogP contribution in [0.4, 0.5) is 4.79 Å². The smallest absolute Gasteiger partial charge is 0.326 e. The second-order valence-electron chi connectivity index (χ2n) is 11.4. The van der Waals surface area contributed by atoms with Crippen molar-refractivity contribution in [1.82, 2.24) is 40.0 Å². The maximum Gasteiger partial charge on any atom is 0.326 e. The SMILES string of the molecule is O=C(O)CC[C@H](NC(=O)N[C@@H](CCCCNC(=O)CCCCCN(Cc1nccn1CC(=O)O)Cc1nccn1CC(=O)O)C(=O)O)C(=O)O.[C-]=O.[C-]=O.[CH3-].[Re]. The van der Waals surface area contributed by atoms with Crippen molar-refractivity contribution in [2.24, 2.45) is 0 Å². The number of amides is 3. The van der Waals surface area contributed by atoms with Crippen molar-refractivity contribution in [2.45, 2.75) is 96.1 Å². The number of carboxylic acids is 5. The van der Waals surface area contributed by atoms with Crippen LogP contribution in [0.2, 0.25) is 0 Å². The van der Waals surface area contributed by atoms with E-state index in [-0.39, 0.29) is 72.7 Å². The third-order valence-electron chi connectivity index (χ3n) is 7.42. The molecule has 8 N–H and O–H groups in total. The number of hydrogen-bond acceptors (Lipinski definition) is 12. The Bertz CT molecular complexity index is 1450. The largest absolute Gasteiger partial charge is 0.573 e. The Balaban J connectivity index is -0.00000452. The summed E-state index contributed by atoms with van der Waals surface area (Å²) in [5.41, 5.74) is 0. The minimum Gasteiger partial charge on any atom is -0.573 e. The number of imidazole rings is 2. The van der Waals surface area contributed by atoms with Crippen molar-refractivity contribution < 1.29 is 89.1 Å². The number of aliphatic carboxylic acids is 5. The molecule has 3 radical (unpaired) electrons. The van der Waals surface area contributed by atoms with Crippen LogP contribution in [-0.2, 0) is 85.0 Å². The van der Waals surface area contributed by atoms with E-state index >= 15 is 0 Å². The molecule has 3 amide bonds. The van der Waals surface area contributed by atoms with Crippen LogP contribution >= 0.6 is 0 Å². The van der Waals surface area contributed by atoms with E-state index in [0.717, 1.165) is 0 Å². The van der Waals surface area contributed by atoms with E-state index in [0.29, 0.717) is 63.4 Å². The Morgan fingerprint density at radius 1 is 0.661 bits per heavy atom. The van der Waals surface area contributed by atoms with Gasteiger partial charge in [0.15, 0.2) is 0 Å². The van der Waals surface area contributed by atoms with E-state index in [1.807, 2.05) is 4.90 Å². The summed E-state index contributed by atoms with van der Waals surface area (Å²) in [7, 11) is 0. The van der Waals surface area contributed by atoms with Gasteiger partial charge in [0.25, 0.3) is 0 Å². The number of carbonyl (C=O) groups excluding carboxylic acids is 4. The molecule has 2 atom stereocenters. The maximum atomic E-state index is 12.3. The third kappa shape index (κ3) is 24.0. The molecule has 0 aliphatic rings. The molecule has 0 saturated carbocycles. The Labute approximate surface area is 336 Å². The first kappa shape index (κ1) is 54.8. The number of rotatable bonds is 26. The molecule has 56 heavy (non-hydrogen) atoms.